The number of carbonyl (C=O) groups excluding carboxylic acids is 3. The van der Waals surface area contributed by atoms with Gasteiger partial charge >= 0.3 is 94.7 Å². The van der Waals surface area contributed by atoms with Gasteiger partial charge in [-0.15, -0.1) is 0 Å². The van der Waals surface area contributed by atoms with Crippen LogP contribution in [0.15, 0.2) is 110 Å². The fourth-order valence-corrected chi connectivity index (χ4v) is 7.23. The molecule has 58 heavy (non-hydrogen) atoms. The van der Waals surface area contributed by atoms with Gasteiger partial charge in [0.1, 0.15) is 41.8 Å². The Morgan fingerprint density at radius 1 is 0.569 bits per heavy atom. The number of carbonyl (C=O) groups is 3. The number of rotatable bonds is 9. The van der Waals surface area contributed by atoms with E-state index in [9.17, 15) is 53.3 Å². The van der Waals surface area contributed by atoms with E-state index >= 15 is 0 Å². The average molecular weight is 873 g/mol. The first kappa shape index (κ1) is 49.0. The largest absolute Gasteiger partial charge is 1.00 e. The molecule has 2 aliphatic rings. The number of nitrogens with zero attached hydrogens (tertiary/aromatic N) is 2. The summed E-state index contributed by atoms with van der Waals surface area (Å²) < 4.78 is 107. The average Bonchev–Trinajstić information content (AvgIpc) is 3.10. The zero-order valence-electron chi connectivity index (χ0n) is 30.8. The molecule has 0 saturated heterocycles. The van der Waals surface area contributed by atoms with Crippen LogP contribution in [0.4, 0.5) is 27.5 Å². The predicted octanol–water partition coefficient (Wildman–Crippen LogP) is -5.34. The molecule has 2 aliphatic carbocycles. The van der Waals surface area contributed by atoms with Crippen LogP contribution in [0.5, 0.6) is 0 Å². The molecule has 0 unspecified atom stereocenters. The van der Waals surface area contributed by atoms with E-state index in [2.05, 4.69) is 31.7 Å². The Morgan fingerprint density at radius 3 is 1.47 bits per heavy atom. The van der Waals surface area contributed by atoms with E-state index in [4.69, 9.17) is 0 Å². The topological polar surface area (TPSA) is 296 Å². The van der Waals surface area contributed by atoms with Crippen LogP contribution in [0, 0.1) is 6.92 Å². The van der Waals surface area contributed by atoms with Crippen molar-refractivity contribution >= 4 is 94.3 Å². The molecule has 6 rings (SSSR count). The van der Waals surface area contributed by atoms with Crippen molar-refractivity contribution < 1.29 is 142 Å². The summed E-state index contributed by atoms with van der Waals surface area (Å²) in [7, 11) is -15.3. The minimum atomic E-state index is -5.31. The van der Waals surface area contributed by atoms with Crippen molar-refractivity contribution in [3.63, 3.8) is 0 Å². The second-order valence-corrected chi connectivity index (χ2v) is 15.8. The number of hydrogen-bond donors (Lipinski definition) is 4. The molecule has 0 radical (unpaired) electrons. The first-order valence-corrected chi connectivity index (χ1v) is 19.6. The quantitative estimate of drug-likeness (QED) is 0.0694. The number of hydrogen-bond acceptors (Lipinski definition) is 16. The molecule has 18 nitrogen and oxygen atoms in total. The van der Waals surface area contributed by atoms with Gasteiger partial charge in [-0.2, -0.15) is 10.2 Å². The maximum absolute atomic E-state index is 13.4. The molecule has 4 N–H and O–H groups in total. The van der Waals surface area contributed by atoms with E-state index in [1.54, 1.807) is 30.3 Å². The Balaban J connectivity index is 0.00000300. The van der Waals surface area contributed by atoms with Gasteiger partial charge in [0.25, 0.3) is 0 Å². The predicted molar refractivity (Wildman–Crippen MR) is 197 cm³/mol. The van der Waals surface area contributed by atoms with Crippen LogP contribution in [-0.4, -0.2) is 67.9 Å². The number of anilines is 4. The standard InChI is InChI=1S/C34H26N6O12S3.3Na/c1-18-13-24(53(44,45)46)9-12-27(18)38-40-31-29(55(50,51)52)17-20-15-23(8-11-26(20)33(31)42)36-34(43)35-22-7-10-25-19(14-22)16-28(54(47,48)49)30(32(25)41)39-37-21-5-3-2-4-6-21;;;/h2-17,37-38H,1H3,(H2,35,36,43)(H,44,45,46)(H,47,48,49)(H,50,51,52);;;/q;3*+1/p-3/b39-30-,40-31+;;;. The number of nitrogens with one attached hydrogen (secondary N) is 4. The normalized spacial score (nSPS) is 15.0. The summed E-state index contributed by atoms with van der Waals surface area (Å²) in [5, 5.41) is 12.6. The SMILES string of the molecule is Cc1cc(S(=O)(=O)[O-])ccc1N/N=C1/C(=O)c2ccc(NC(=O)Nc3ccc4c(c3)C=C(S(=O)(=O)[O-])/C(=N/Nc3ccccc3)C4=O)cc2C=C1S(=O)(=O)[O-].[Na+].[Na+].[Na+]. The number of ketones is 2. The maximum atomic E-state index is 13.4. The monoisotopic (exact) mass is 872 g/mol. The number of aryl methyl sites for hydroxylation is 1. The Bertz CT molecular complexity index is 2820. The van der Waals surface area contributed by atoms with Crippen LogP contribution in [0.1, 0.15) is 37.4 Å². The first-order chi connectivity index (χ1) is 25.8. The number of urea groups is 1. The van der Waals surface area contributed by atoms with Crippen LogP contribution >= 0.6 is 0 Å². The smallest absolute Gasteiger partial charge is 0.744 e. The summed E-state index contributed by atoms with van der Waals surface area (Å²) in [5.41, 5.74) is 4.18. The van der Waals surface area contributed by atoms with Crippen molar-refractivity contribution in [2.75, 3.05) is 21.5 Å². The number of Topliss-reactive ketones (excluding diaryl/α,β-unsaturated/α-hetero) is 2. The van der Waals surface area contributed by atoms with E-state index in [0.29, 0.717) is 5.69 Å². The Kier molecular flexibility index (Phi) is 16.4. The second-order valence-electron chi connectivity index (χ2n) is 11.7. The number of benzene rings is 4. The Morgan fingerprint density at radius 2 is 1.03 bits per heavy atom. The molecule has 0 aromatic heterocycles. The van der Waals surface area contributed by atoms with Crippen molar-refractivity contribution in [3.05, 3.63) is 123 Å². The third-order valence-electron chi connectivity index (χ3n) is 7.96. The first-order valence-electron chi connectivity index (χ1n) is 15.4. The number of para-hydroxylation sites is 1. The van der Waals surface area contributed by atoms with Crippen molar-refractivity contribution in [3.8, 4) is 0 Å². The molecule has 4 aromatic carbocycles. The summed E-state index contributed by atoms with van der Waals surface area (Å²) in [6, 6.07) is 18.2. The van der Waals surface area contributed by atoms with Crippen molar-refractivity contribution in [1.29, 1.82) is 0 Å². The maximum Gasteiger partial charge on any atom is 1.00 e. The number of fused-ring (bicyclic) bond motifs is 2. The Labute approximate surface area is 397 Å². The number of allylic oxidation sites excluding steroid dienone is 2. The fraction of sp³-hybridized carbons (Fsp3) is 0.0294. The van der Waals surface area contributed by atoms with Crippen molar-refractivity contribution in [2.24, 2.45) is 10.2 Å². The molecular formula is C34H23N6Na3O12S3. The zero-order chi connectivity index (χ0) is 39.9. The van der Waals surface area contributed by atoms with Gasteiger partial charge in [-0.05, 0) is 102 Å². The third kappa shape index (κ3) is 11.3. The minimum Gasteiger partial charge on any atom is -0.744 e. The molecule has 0 aliphatic heterocycles. The summed E-state index contributed by atoms with van der Waals surface area (Å²) in [5.74, 6) is -1.85. The molecular weight excluding hydrogens is 850 g/mol. The van der Waals surface area contributed by atoms with Gasteiger partial charge in [0.15, 0.2) is 0 Å². The minimum absolute atomic E-state index is 0. The summed E-state index contributed by atoms with van der Waals surface area (Å²) in [6.07, 6.45) is 1.83. The van der Waals surface area contributed by atoms with E-state index in [1.165, 1.54) is 43.3 Å². The molecule has 4 aromatic rings. The fourth-order valence-electron chi connectivity index (χ4n) is 5.38. The van der Waals surface area contributed by atoms with Crippen molar-refractivity contribution in [2.45, 2.75) is 11.8 Å². The molecule has 0 spiro atoms. The molecule has 0 fully saturated rings. The van der Waals surface area contributed by atoms with Gasteiger partial charge in [-0.1, -0.05) is 18.2 Å². The van der Waals surface area contributed by atoms with Gasteiger partial charge < -0.3 is 24.3 Å². The van der Waals surface area contributed by atoms with Crippen LogP contribution in [0.3, 0.4) is 0 Å². The number of amides is 2. The summed E-state index contributed by atoms with van der Waals surface area (Å²) in [4.78, 5) is 37.1. The van der Waals surface area contributed by atoms with Gasteiger partial charge in [-0.3, -0.25) is 20.4 Å². The Hall–Kier alpha value is -3.36. The van der Waals surface area contributed by atoms with Gasteiger partial charge in [-0.25, -0.2) is 30.0 Å². The molecule has 282 valence electrons. The summed E-state index contributed by atoms with van der Waals surface area (Å²) in [6.45, 7) is 1.42. The van der Waals surface area contributed by atoms with Gasteiger partial charge in [0.2, 0.25) is 11.6 Å². The molecule has 2 amide bonds. The molecule has 0 heterocycles. The van der Waals surface area contributed by atoms with E-state index in [-0.39, 0.29) is 134 Å². The zero-order valence-corrected chi connectivity index (χ0v) is 39.2. The third-order valence-corrected chi connectivity index (χ3v) is 10.5. The second kappa shape index (κ2) is 19.4. The molecule has 24 heteroatoms. The molecule has 0 bridgehead atoms. The van der Waals surface area contributed by atoms with E-state index in [1.807, 2.05) is 0 Å². The van der Waals surface area contributed by atoms with E-state index in [0.717, 1.165) is 30.4 Å². The van der Waals surface area contributed by atoms with Crippen molar-refractivity contribution in [1.82, 2.24) is 0 Å². The van der Waals surface area contributed by atoms with Crippen LogP contribution in [0.25, 0.3) is 12.2 Å². The molecule has 0 saturated carbocycles. The summed E-state index contributed by atoms with van der Waals surface area (Å²) >= 11 is 0. The van der Waals surface area contributed by atoms with Crippen LogP contribution in [0.2, 0.25) is 0 Å². The van der Waals surface area contributed by atoms with E-state index < -0.39 is 74.1 Å². The van der Waals surface area contributed by atoms with Gasteiger partial charge in [0, 0.05) is 22.5 Å². The molecule has 0 atom stereocenters. The van der Waals surface area contributed by atoms with Gasteiger partial charge in [0.05, 0.1) is 26.1 Å². The number of hydrazone groups is 2. The van der Waals surface area contributed by atoms with Crippen LogP contribution in [-0.2, 0) is 30.4 Å². The van der Waals surface area contributed by atoms with Crippen LogP contribution < -0.4 is 110 Å².